The van der Waals surface area contributed by atoms with Gasteiger partial charge in [-0.2, -0.15) is 0 Å². The van der Waals surface area contributed by atoms with Gasteiger partial charge in [0.1, 0.15) is 13.6 Å². The second-order valence-corrected chi connectivity index (χ2v) is 4.07. The van der Waals surface area contributed by atoms with Crippen LogP contribution in [0.2, 0.25) is 0 Å². The highest BCUT2D eigenvalue weighted by atomic mass is 15.5. The van der Waals surface area contributed by atoms with Gasteiger partial charge in [0.2, 0.25) is 0 Å². The van der Waals surface area contributed by atoms with Crippen molar-refractivity contribution in [1.29, 1.82) is 0 Å². The molecule has 1 aromatic heterocycles. The lowest BCUT2D eigenvalue weighted by molar-refractivity contribution is -0.738. The van der Waals surface area contributed by atoms with E-state index < -0.39 is 0 Å². The van der Waals surface area contributed by atoms with Crippen LogP contribution in [-0.4, -0.2) is 9.90 Å². The third-order valence-corrected chi connectivity index (χ3v) is 2.66. The van der Waals surface area contributed by atoms with E-state index in [1.165, 1.54) is 11.3 Å². The Morgan fingerprint density at radius 1 is 1.25 bits per heavy atom. The van der Waals surface area contributed by atoms with Gasteiger partial charge in [0.15, 0.2) is 11.9 Å². The molecule has 0 fully saturated rings. The number of aromatic nitrogens is 3. The van der Waals surface area contributed by atoms with Crippen molar-refractivity contribution in [3.05, 3.63) is 47.8 Å². The van der Waals surface area contributed by atoms with Crippen molar-refractivity contribution in [3.63, 3.8) is 0 Å². The largest absolute Gasteiger partial charge is 0.167 e. The molecule has 0 aliphatic rings. The molecule has 0 aliphatic heterocycles. The lowest BCUT2D eigenvalue weighted by Crippen LogP contribution is -2.35. The molecule has 0 spiro atoms. The maximum absolute atomic E-state index is 4.46. The molecular formula is C13H18N3+. The monoisotopic (exact) mass is 216 g/mol. The Hall–Kier alpha value is -1.64. The van der Waals surface area contributed by atoms with E-state index in [2.05, 4.69) is 42.6 Å². The first-order chi connectivity index (χ1) is 7.79. The minimum absolute atomic E-state index is 0.846. The molecule has 84 valence electrons. The number of hydrogen-bond acceptors (Lipinski definition) is 1. The maximum atomic E-state index is 4.46. The van der Waals surface area contributed by atoms with Crippen LogP contribution in [-0.2, 0) is 20.0 Å². The maximum Gasteiger partial charge on any atom is 0.167 e. The number of nitrogens with zero attached hydrogens (tertiary/aromatic N) is 3. The molecule has 1 heterocycles. The summed E-state index contributed by atoms with van der Waals surface area (Å²) in [7, 11) is 2.01. The summed E-state index contributed by atoms with van der Waals surface area (Å²) in [6.07, 6.45) is 4.38. The van der Waals surface area contributed by atoms with Crippen LogP contribution >= 0.6 is 0 Å². The third kappa shape index (κ3) is 2.48. The van der Waals surface area contributed by atoms with Crippen LogP contribution in [0.4, 0.5) is 0 Å². The third-order valence-electron chi connectivity index (χ3n) is 2.66. The molecule has 0 saturated carbocycles. The van der Waals surface area contributed by atoms with Crippen molar-refractivity contribution >= 4 is 0 Å². The molecule has 0 atom stereocenters. The molecule has 0 bridgehead atoms. The second-order valence-electron chi connectivity index (χ2n) is 4.07. The summed E-state index contributed by atoms with van der Waals surface area (Å²) in [6.45, 7) is 3.03. The van der Waals surface area contributed by atoms with Gasteiger partial charge in [0.05, 0.1) is 5.21 Å². The van der Waals surface area contributed by atoms with E-state index in [-0.39, 0.29) is 0 Å². The Morgan fingerprint density at radius 3 is 2.69 bits per heavy atom. The normalized spacial score (nSPS) is 10.6. The second kappa shape index (κ2) is 4.92. The van der Waals surface area contributed by atoms with Crippen molar-refractivity contribution < 1.29 is 4.68 Å². The van der Waals surface area contributed by atoms with Gasteiger partial charge in [-0.1, -0.05) is 37.3 Å². The van der Waals surface area contributed by atoms with Crippen LogP contribution in [0.25, 0.3) is 0 Å². The predicted octanol–water partition coefficient (Wildman–Crippen LogP) is 1.71. The Kier molecular flexibility index (Phi) is 3.34. The molecule has 0 unspecified atom stereocenters. The van der Waals surface area contributed by atoms with Crippen LogP contribution in [0.15, 0.2) is 36.5 Å². The molecule has 0 amide bonds. The van der Waals surface area contributed by atoms with E-state index in [0.29, 0.717) is 0 Å². The fourth-order valence-electron chi connectivity index (χ4n) is 1.84. The van der Waals surface area contributed by atoms with Gasteiger partial charge >= 0.3 is 0 Å². The van der Waals surface area contributed by atoms with Gasteiger partial charge in [0, 0.05) is 6.42 Å². The summed E-state index contributed by atoms with van der Waals surface area (Å²) >= 11 is 0. The molecule has 3 nitrogen and oxygen atoms in total. The Balaban J connectivity index is 2.13. The first-order valence-corrected chi connectivity index (χ1v) is 5.76. The number of benzene rings is 1. The summed E-state index contributed by atoms with van der Waals surface area (Å²) in [4.78, 5) is 0. The van der Waals surface area contributed by atoms with E-state index in [0.717, 1.165) is 19.4 Å². The molecule has 16 heavy (non-hydrogen) atoms. The zero-order chi connectivity index (χ0) is 11.4. The minimum atomic E-state index is 0.846. The average Bonchev–Trinajstić information content (AvgIpc) is 2.61. The molecule has 0 N–H and O–H groups in total. The topological polar surface area (TPSA) is 21.7 Å². The quantitative estimate of drug-likeness (QED) is 0.713. The summed E-state index contributed by atoms with van der Waals surface area (Å²) in [5.74, 6) is 0. The smallest absolute Gasteiger partial charge is 0.137 e. The van der Waals surface area contributed by atoms with Crippen molar-refractivity contribution in [2.24, 2.45) is 7.05 Å². The van der Waals surface area contributed by atoms with Crippen molar-refractivity contribution in [3.8, 4) is 0 Å². The summed E-state index contributed by atoms with van der Waals surface area (Å²) < 4.78 is 3.97. The first kappa shape index (κ1) is 10.9. The highest BCUT2D eigenvalue weighted by Crippen LogP contribution is 2.02. The minimum Gasteiger partial charge on any atom is -0.137 e. The van der Waals surface area contributed by atoms with E-state index in [1.807, 2.05) is 22.5 Å². The predicted molar refractivity (Wildman–Crippen MR) is 62.9 cm³/mol. The van der Waals surface area contributed by atoms with Gasteiger partial charge in [0.25, 0.3) is 0 Å². The SMILES string of the molecule is CCCc1cn(Cc2ccccc2)n[n+]1C. The molecule has 2 rings (SSSR count). The van der Waals surface area contributed by atoms with Crippen molar-refractivity contribution in [1.82, 2.24) is 9.90 Å². The molecular weight excluding hydrogens is 198 g/mol. The number of aryl methyl sites for hydroxylation is 2. The number of rotatable bonds is 4. The molecule has 0 radical (unpaired) electrons. The van der Waals surface area contributed by atoms with Crippen LogP contribution in [0.1, 0.15) is 24.6 Å². The lowest BCUT2D eigenvalue weighted by atomic mass is 10.2. The van der Waals surface area contributed by atoms with Crippen LogP contribution in [0.5, 0.6) is 0 Å². The Bertz CT molecular complexity index is 445. The van der Waals surface area contributed by atoms with Crippen LogP contribution < -0.4 is 4.68 Å². The highest BCUT2D eigenvalue weighted by molar-refractivity contribution is 5.14. The molecule has 1 aromatic carbocycles. The van der Waals surface area contributed by atoms with Crippen LogP contribution in [0, 0.1) is 0 Å². The van der Waals surface area contributed by atoms with Gasteiger partial charge in [-0.25, -0.2) is 0 Å². The molecule has 2 aromatic rings. The van der Waals surface area contributed by atoms with Gasteiger partial charge in [-0.05, 0) is 12.0 Å². The van der Waals surface area contributed by atoms with E-state index in [9.17, 15) is 0 Å². The Labute approximate surface area is 96.3 Å². The molecule has 0 aliphatic carbocycles. The fourth-order valence-corrected chi connectivity index (χ4v) is 1.84. The molecule has 0 saturated heterocycles. The fraction of sp³-hybridized carbons (Fsp3) is 0.385. The van der Waals surface area contributed by atoms with Gasteiger partial charge in [-0.3, -0.25) is 0 Å². The zero-order valence-electron chi connectivity index (χ0n) is 9.93. The lowest BCUT2D eigenvalue weighted by Gasteiger charge is -1.93. The molecule has 3 heteroatoms. The number of hydrogen-bond donors (Lipinski definition) is 0. The standard InChI is InChI=1S/C13H18N3/c1-3-7-13-11-16(14-15(13)2)10-12-8-5-4-6-9-12/h4-6,8-9,11H,3,7,10H2,1-2H3/q+1. The van der Waals surface area contributed by atoms with Crippen molar-refractivity contribution in [2.75, 3.05) is 0 Å². The Morgan fingerprint density at radius 2 is 2.00 bits per heavy atom. The first-order valence-electron chi connectivity index (χ1n) is 5.76. The van der Waals surface area contributed by atoms with Crippen LogP contribution in [0.3, 0.4) is 0 Å². The summed E-state index contributed by atoms with van der Waals surface area (Å²) in [5.41, 5.74) is 2.58. The summed E-state index contributed by atoms with van der Waals surface area (Å²) in [6, 6.07) is 10.4. The highest BCUT2D eigenvalue weighted by Gasteiger charge is 2.11. The zero-order valence-corrected chi connectivity index (χ0v) is 9.93. The van der Waals surface area contributed by atoms with E-state index >= 15 is 0 Å². The van der Waals surface area contributed by atoms with Gasteiger partial charge < -0.3 is 0 Å². The summed E-state index contributed by atoms with van der Waals surface area (Å²) in [5, 5.41) is 4.46. The van der Waals surface area contributed by atoms with Crippen molar-refractivity contribution in [2.45, 2.75) is 26.3 Å². The average molecular weight is 216 g/mol. The van der Waals surface area contributed by atoms with E-state index in [1.54, 1.807) is 0 Å². The van der Waals surface area contributed by atoms with Gasteiger partial charge in [-0.15, -0.1) is 9.36 Å². The van der Waals surface area contributed by atoms with E-state index in [4.69, 9.17) is 0 Å².